The molecule has 0 radical (unpaired) electrons. The van der Waals surface area contributed by atoms with E-state index in [1.165, 1.54) is 18.2 Å². The third-order valence-corrected chi connectivity index (χ3v) is 2.88. The van der Waals surface area contributed by atoms with E-state index in [9.17, 15) is 4.39 Å². The van der Waals surface area contributed by atoms with Crippen LogP contribution in [0.2, 0.25) is 10.0 Å². The number of amidine groups is 1. The zero-order valence-corrected chi connectivity index (χ0v) is 11.1. The van der Waals surface area contributed by atoms with Crippen molar-refractivity contribution < 1.29 is 9.13 Å². The summed E-state index contributed by atoms with van der Waals surface area (Å²) in [5, 5.41) is 8.19. The second kappa shape index (κ2) is 5.47. The number of hydrogen-bond acceptors (Lipinski definition) is 2. The molecule has 3 N–H and O–H groups in total. The molecule has 19 heavy (non-hydrogen) atoms. The predicted octanol–water partition coefficient (Wildman–Crippen LogP) is 4.21. The molecule has 2 rings (SSSR count). The van der Waals surface area contributed by atoms with E-state index < -0.39 is 5.82 Å². The van der Waals surface area contributed by atoms with Gasteiger partial charge in [-0.1, -0.05) is 23.2 Å². The van der Waals surface area contributed by atoms with Gasteiger partial charge in [-0.05, 0) is 36.4 Å². The molecule has 2 aromatic carbocycles. The maximum atomic E-state index is 13.1. The van der Waals surface area contributed by atoms with E-state index in [1.807, 2.05) is 0 Å². The van der Waals surface area contributed by atoms with E-state index in [2.05, 4.69) is 0 Å². The number of benzene rings is 2. The van der Waals surface area contributed by atoms with Gasteiger partial charge in [-0.15, -0.1) is 0 Å². The summed E-state index contributed by atoms with van der Waals surface area (Å²) in [5.74, 6) is -0.197. The monoisotopic (exact) mass is 298 g/mol. The molecule has 0 aliphatic rings. The van der Waals surface area contributed by atoms with Crippen LogP contribution in [0.4, 0.5) is 4.39 Å². The minimum atomic E-state index is -0.500. The average Bonchev–Trinajstić information content (AvgIpc) is 2.34. The summed E-state index contributed by atoms with van der Waals surface area (Å²) in [6.07, 6.45) is 0. The van der Waals surface area contributed by atoms with E-state index in [0.717, 1.165) is 6.07 Å². The fraction of sp³-hybridized carbons (Fsp3) is 0. The highest BCUT2D eigenvalue weighted by Crippen LogP contribution is 2.33. The molecule has 0 aromatic heterocycles. The van der Waals surface area contributed by atoms with Crippen LogP contribution in [0.5, 0.6) is 11.5 Å². The lowest BCUT2D eigenvalue weighted by molar-refractivity contribution is 0.479. The van der Waals surface area contributed by atoms with Gasteiger partial charge in [0.25, 0.3) is 0 Å². The number of ether oxygens (including phenoxy) is 1. The van der Waals surface area contributed by atoms with Crippen LogP contribution in [-0.2, 0) is 0 Å². The lowest BCUT2D eigenvalue weighted by Gasteiger charge is -2.11. The minimum Gasteiger partial charge on any atom is -0.455 e. The van der Waals surface area contributed by atoms with Crippen molar-refractivity contribution in [1.29, 1.82) is 5.41 Å². The Morgan fingerprint density at radius 3 is 2.42 bits per heavy atom. The molecule has 0 spiro atoms. The zero-order valence-electron chi connectivity index (χ0n) is 9.58. The molecule has 0 saturated carbocycles. The molecule has 0 fully saturated rings. The van der Waals surface area contributed by atoms with Crippen LogP contribution >= 0.6 is 23.2 Å². The predicted molar refractivity (Wildman–Crippen MR) is 74.0 cm³/mol. The number of nitrogens with two attached hydrogens (primary N) is 1. The fourth-order valence-corrected chi connectivity index (χ4v) is 1.93. The quantitative estimate of drug-likeness (QED) is 0.659. The second-order valence-electron chi connectivity index (χ2n) is 3.73. The van der Waals surface area contributed by atoms with Crippen molar-refractivity contribution in [3.8, 4) is 11.5 Å². The Morgan fingerprint density at radius 1 is 1.11 bits per heavy atom. The van der Waals surface area contributed by atoms with Crippen LogP contribution in [-0.4, -0.2) is 5.84 Å². The summed E-state index contributed by atoms with van der Waals surface area (Å²) in [7, 11) is 0. The molecule has 0 unspecified atom stereocenters. The Bertz CT molecular complexity index is 647. The third-order valence-electron chi connectivity index (χ3n) is 2.35. The van der Waals surface area contributed by atoms with E-state index in [0.29, 0.717) is 15.8 Å². The molecule has 0 amide bonds. The van der Waals surface area contributed by atoms with Gasteiger partial charge < -0.3 is 10.5 Å². The Hall–Kier alpha value is -1.78. The van der Waals surface area contributed by atoms with E-state index >= 15 is 0 Å². The first-order valence-electron chi connectivity index (χ1n) is 5.24. The summed E-state index contributed by atoms with van der Waals surface area (Å²) >= 11 is 11.8. The Labute approximate surface area is 119 Å². The van der Waals surface area contributed by atoms with Gasteiger partial charge in [-0.3, -0.25) is 5.41 Å². The number of halogens is 3. The van der Waals surface area contributed by atoms with Crippen molar-refractivity contribution in [3.05, 3.63) is 57.8 Å². The third kappa shape index (κ3) is 3.16. The van der Waals surface area contributed by atoms with Crippen LogP contribution in [0.25, 0.3) is 0 Å². The maximum absolute atomic E-state index is 13.1. The normalized spacial score (nSPS) is 10.3. The first-order valence-corrected chi connectivity index (χ1v) is 6.00. The molecule has 6 heteroatoms. The molecule has 0 atom stereocenters. The van der Waals surface area contributed by atoms with Gasteiger partial charge >= 0.3 is 0 Å². The van der Waals surface area contributed by atoms with Gasteiger partial charge in [-0.2, -0.15) is 0 Å². The SMILES string of the molecule is N=C(N)c1cc(F)ccc1Oc1ccc(Cl)cc1Cl. The number of hydrogen-bond donors (Lipinski definition) is 2. The molecular weight excluding hydrogens is 290 g/mol. The van der Waals surface area contributed by atoms with Crippen LogP contribution < -0.4 is 10.5 Å². The topological polar surface area (TPSA) is 59.1 Å². The van der Waals surface area contributed by atoms with Gasteiger partial charge in [0.1, 0.15) is 23.2 Å². The summed E-state index contributed by atoms with van der Waals surface area (Å²) in [6.45, 7) is 0. The minimum absolute atomic E-state index is 0.158. The standard InChI is InChI=1S/C13H9Cl2FN2O/c14-7-1-3-12(10(15)5-7)19-11-4-2-8(16)6-9(11)13(17)18/h1-6H,(H3,17,18). The van der Waals surface area contributed by atoms with E-state index in [1.54, 1.807) is 12.1 Å². The largest absolute Gasteiger partial charge is 0.455 e. The van der Waals surface area contributed by atoms with Crippen LogP contribution in [0, 0.1) is 11.2 Å². The van der Waals surface area contributed by atoms with E-state index in [-0.39, 0.29) is 17.1 Å². The van der Waals surface area contributed by atoms with Crippen molar-refractivity contribution in [2.24, 2.45) is 5.73 Å². The lowest BCUT2D eigenvalue weighted by atomic mass is 10.2. The van der Waals surface area contributed by atoms with Crippen LogP contribution in [0.15, 0.2) is 36.4 Å². The van der Waals surface area contributed by atoms with Gasteiger partial charge in [0, 0.05) is 5.02 Å². The van der Waals surface area contributed by atoms with Crippen molar-refractivity contribution >= 4 is 29.0 Å². The Balaban J connectivity index is 2.40. The molecule has 3 nitrogen and oxygen atoms in total. The number of rotatable bonds is 3. The highest BCUT2D eigenvalue weighted by Gasteiger charge is 2.11. The molecule has 0 heterocycles. The van der Waals surface area contributed by atoms with Crippen molar-refractivity contribution in [2.75, 3.05) is 0 Å². The van der Waals surface area contributed by atoms with Crippen molar-refractivity contribution in [1.82, 2.24) is 0 Å². The second-order valence-corrected chi connectivity index (χ2v) is 4.57. The van der Waals surface area contributed by atoms with Gasteiger partial charge in [0.15, 0.2) is 0 Å². The highest BCUT2D eigenvalue weighted by molar-refractivity contribution is 6.35. The number of nitrogen functional groups attached to an aromatic ring is 1. The summed E-state index contributed by atoms with van der Waals surface area (Å²) in [6, 6.07) is 8.44. The van der Waals surface area contributed by atoms with Gasteiger partial charge in [-0.25, -0.2) is 4.39 Å². The number of nitrogens with one attached hydrogen (secondary N) is 1. The zero-order chi connectivity index (χ0) is 14.0. The molecular formula is C13H9Cl2FN2O. The van der Waals surface area contributed by atoms with Gasteiger partial charge in [0.05, 0.1) is 10.6 Å². The van der Waals surface area contributed by atoms with E-state index in [4.69, 9.17) is 39.1 Å². The highest BCUT2D eigenvalue weighted by atomic mass is 35.5. The molecule has 0 aliphatic carbocycles. The van der Waals surface area contributed by atoms with Crippen molar-refractivity contribution in [2.45, 2.75) is 0 Å². The summed E-state index contributed by atoms with van der Waals surface area (Å²) < 4.78 is 18.7. The maximum Gasteiger partial charge on any atom is 0.146 e. The van der Waals surface area contributed by atoms with Crippen LogP contribution in [0.1, 0.15) is 5.56 Å². The first kappa shape index (κ1) is 13.6. The molecule has 0 bridgehead atoms. The van der Waals surface area contributed by atoms with Gasteiger partial charge in [0.2, 0.25) is 0 Å². The van der Waals surface area contributed by atoms with Crippen molar-refractivity contribution in [3.63, 3.8) is 0 Å². The summed E-state index contributed by atoms with van der Waals surface area (Å²) in [4.78, 5) is 0. The smallest absolute Gasteiger partial charge is 0.146 e. The Kier molecular flexibility index (Phi) is 3.93. The lowest BCUT2D eigenvalue weighted by Crippen LogP contribution is -2.12. The molecule has 0 aliphatic heterocycles. The molecule has 98 valence electrons. The molecule has 2 aromatic rings. The molecule has 0 saturated heterocycles. The Morgan fingerprint density at radius 2 is 1.79 bits per heavy atom. The summed E-state index contributed by atoms with van der Waals surface area (Å²) in [5.41, 5.74) is 5.54. The average molecular weight is 299 g/mol. The van der Waals surface area contributed by atoms with Crippen LogP contribution in [0.3, 0.4) is 0 Å². The fourth-order valence-electron chi connectivity index (χ4n) is 1.48. The first-order chi connectivity index (χ1) is 8.97.